The van der Waals surface area contributed by atoms with Gasteiger partial charge in [0, 0.05) is 18.2 Å². The van der Waals surface area contributed by atoms with E-state index >= 15 is 0 Å². The van der Waals surface area contributed by atoms with Crippen molar-refractivity contribution in [2.45, 2.75) is 84.5 Å². The van der Waals surface area contributed by atoms with E-state index in [-0.39, 0.29) is 16.9 Å². The minimum atomic E-state index is -1.76. The third-order valence-electron chi connectivity index (χ3n) is 5.46. The van der Waals surface area contributed by atoms with Gasteiger partial charge in [-0.25, -0.2) is 4.79 Å². The van der Waals surface area contributed by atoms with Crippen LogP contribution in [-0.4, -0.2) is 33.6 Å². The van der Waals surface area contributed by atoms with Gasteiger partial charge in [-0.15, -0.1) is 0 Å². The molecule has 0 N–H and O–H groups in total. The molecule has 164 valence electrons. The number of benzene rings is 1. The Morgan fingerprint density at radius 1 is 1.14 bits per heavy atom. The highest BCUT2D eigenvalue weighted by Gasteiger charge is 2.37. The average Bonchev–Trinajstić information content (AvgIpc) is 2.56. The van der Waals surface area contributed by atoms with Gasteiger partial charge in [-0.3, -0.25) is 0 Å². The maximum Gasteiger partial charge on any atom is 0.331 e. The first kappa shape index (κ1) is 25.4. The number of methoxy groups -OCH3 is 1. The maximum atomic E-state index is 12.1. The summed E-state index contributed by atoms with van der Waals surface area (Å²) in [5.41, 5.74) is 1.54. The fourth-order valence-corrected chi connectivity index (χ4v) is 3.76. The molecule has 0 aliphatic carbocycles. The van der Waals surface area contributed by atoms with Gasteiger partial charge in [-0.2, -0.15) is 0 Å². The van der Waals surface area contributed by atoms with E-state index in [1.807, 2.05) is 32.9 Å². The lowest BCUT2D eigenvalue weighted by Gasteiger charge is -2.36. The van der Waals surface area contributed by atoms with Crippen LogP contribution in [0.5, 0.6) is 5.75 Å². The van der Waals surface area contributed by atoms with Crippen LogP contribution in [-0.2, 0) is 14.0 Å². The molecule has 0 spiro atoms. The second-order valence-corrected chi connectivity index (χ2v) is 14.9. The fourth-order valence-electron chi connectivity index (χ4n) is 2.70. The van der Waals surface area contributed by atoms with Crippen LogP contribution in [0.2, 0.25) is 18.1 Å². The van der Waals surface area contributed by atoms with E-state index in [1.54, 1.807) is 13.2 Å². The van der Waals surface area contributed by atoms with Crippen LogP contribution in [0.25, 0.3) is 6.08 Å². The number of carbonyl (C=O) groups excluding carboxylic acids is 1. The third-order valence-corrected chi connectivity index (χ3v) is 10.0. The van der Waals surface area contributed by atoms with E-state index < -0.39 is 13.9 Å². The molecule has 1 aromatic rings. The van der Waals surface area contributed by atoms with E-state index in [1.165, 1.54) is 6.08 Å². The van der Waals surface area contributed by atoms with Gasteiger partial charge in [0.05, 0.1) is 7.11 Å². The van der Waals surface area contributed by atoms with Crippen molar-refractivity contribution in [2.75, 3.05) is 13.7 Å². The Balaban J connectivity index is 2.97. The molecular weight excluding hydrogens is 380 g/mol. The number of carbonyl (C=O) groups is 1. The monoisotopic (exact) mass is 420 g/mol. The van der Waals surface area contributed by atoms with Crippen molar-refractivity contribution in [1.82, 2.24) is 0 Å². The highest BCUT2D eigenvalue weighted by Crippen LogP contribution is 2.37. The van der Waals surface area contributed by atoms with Crippen LogP contribution in [0.1, 0.15) is 71.9 Å². The molecule has 0 fully saturated rings. The van der Waals surface area contributed by atoms with Crippen LogP contribution in [0.15, 0.2) is 24.3 Å². The third kappa shape index (κ3) is 7.98. The Labute approximate surface area is 178 Å². The number of esters is 1. The number of hydrogen-bond acceptors (Lipinski definition) is 4. The molecule has 4 nitrogen and oxygen atoms in total. The van der Waals surface area contributed by atoms with Gasteiger partial charge in [0.1, 0.15) is 11.4 Å². The largest absolute Gasteiger partial charge is 0.496 e. The summed E-state index contributed by atoms with van der Waals surface area (Å²) in [6, 6.07) is 6.00. The first-order valence-electron chi connectivity index (χ1n) is 10.4. The van der Waals surface area contributed by atoms with E-state index in [9.17, 15) is 4.79 Å². The number of rotatable bonds is 8. The Hall–Kier alpha value is -1.59. The number of ether oxygens (including phenoxy) is 2. The summed E-state index contributed by atoms with van der Waals surface area (Å²) in [7, 11) is -0.109. The summed E-state index contributed by atoms with van der Waals surface area (Å²) in [5.74, 6) is 0.663. The molecular formula is C24H40O4Si. The molecule has 1 aromatic carbocycles. The zero-order valence-corrected chi connectivity index (χ0v) is 21.0. The molecule has 5 heteroatoms. The molecule has 0 aliphatic heterocycles. The first-order chi connectivity index (χ1) is 13.2. The molecule has 0 radical (unpaired) electrons. The summed E-state index contributed by atoms with van der Waals surface area (Å²) in [4.78, 5) is 12.1. The molecule has 1 rings (SSSR count). The quantitative estimate of drug-likeness (QED) is 0.271. The van der Waals surface area contributed by atoms with Crippen molar-refractivity contribution in [3.63, 3.8) is 0 Å². The van der Waals surface area contributed by atoms with Crippen LogP contribution >= 0.6 is 0 Å². The summed E-state index contributed by atoms with van der Waals surface area (Å²) in [6.07, 6.45) is 4.19. The second-order valence-electron chi connectivity index (χ2n) is 10.1. The average molecular weight is 421 g/mol. The number of hydrogen-bond donors (Lipinski definition) is 0. The first-order valence-corrected chi connectivity index (χ1v) is 13.3. The second kappa shape index (κ2) is 9.94. The molecule has 0 bridgehead atoms. The lowest BCUT2D eigenvalue weighted by molar-refractivity contribution is -0.148. The van der Waals surface area contributed by atoms with Gasteiger partial charge in [0.15, 0.2) is 8.32 Å². The lowest BCUT2D eigenvalue weighted by atomic mass is 9.92. The molecule has 0 saturated carbocycles. The van der Waals surface area contributed by atoms with Gasteiger partial charge in [0.2, 0.25) is 0 Å². The predicted octanol–water partition coefficient (Wildman–Crippen LogP) is 6.57. The topological polar surface area (TPSA) is 44.8 Å². The summed E-state index contributed by atoms with van der Waals surface area (Å²) in [5, 5.41) is 0.202. The minimum Gasteiger partial charge on any atom is -0.496 e. The fraction of sp³-hybridized carbons (Fsp3) is 0.625. The van der Waals surface area contributed by atoms with Gasteiger partial charge >= 0.3 is 5.97 Å². The van der Waals surface area contributed by atoms with Crippen molar-refractivity contribution >= 4 is 20.4 Å². The van der Waals surface area contributed by atoms with E-state index in [4.69, 9.17) is 13.9 Å². The molecule has 1 atom stereocenters. The molecule has 0 saturated heterocycles. The molecule has 29 heavy (non-hydrogen) atoms. The molecule has 0 amide bonds. The van der Waals surface area contributed by atoms with Crippen LogP contribution < -0.4 is 4.74 Å². The maximum absolute atomic E-state index is 12.1. The van der Waals surface area contributed by atoms with Gasteiger partial charge in [0.25, 0.3) is 0 Å². The molecule has 1 unspecified atom stereocenters. The molecule has 0 aromatic heterocycles. The Kier molecular flexibility index (Phi) is 8.72. The van der Waals surface area contributed by atoms with E-state index in [0.29, 0.717) is 0 Å². The normalized spacial score (nSPS) is 14.1. The van der Waals surface area contributed by atoms with Gasteiger partial charge in [-0.1, -0.05) is 39.8 Å². The van der Waals surface area contributed by atoms with Gasteiger partial charge < -0.3 is 13.9 Å². The Morgan fingerprint density at radius 3 is 2.28 bits per heavy atom. The van der Waals surface area contributed by atoms with Crippen LogP contribution in [0.4, 0.5) is 0 Å². The summed E-state index contributed by atoms with van der Waals surface area (Å²) >= 11 is 0. The van der Waals surface area contributed by atoms with Crippen LogP contribution in [0, 0.1) is 0 Å². The standard InChI is InChI=1S/C24H40O4Si/c1-18(16-17-27-29(9,10)24(5,6)7)19-12-11-13-21(26-8)20(19)14-15-22(25)28-23(2,3)4/h11-15,18H,16-17H2,1-10H3/b15-14+. The highest BCUT2D eigenvalue weighted by molar-refractivity contribution is 6.74. The Morgan fingerprint density at radius 2 is 1.76 bits per heavy atom. The van der Waals surface area contributed by atoms with Gasteiger partial charge in [-0.05, 0) is 68.9 Å². The minimum absolute atomic E-state index is 0.202. The van der Waals surface area contributed by atoms with Crippen LogP contribution in [0.3, 0.4) is 0 Å². The van der Waals surface area contributed by atoms with Crippen molar-refractivity contribution < 1.29 is 18.7 Å². The van der Waals surface area contributed by atoms with Crippen molar-refractivity contribution in [1.29, 1.82) is 0 Å². The lowest BCUT2D eigenvalue weighted by Crippen LogP contribution is -2.41. The Bertz CT molecular complexity index is 709. The van der Waals surface area contributed by atoms with Crippen molar-refractivity contribution in [3.8, 4) is 5.75 Å². The summed E-state index contributed by atoms with van der Waals surface area (Å²) in [6.45, 7) is 19.8. The zero-order chi connectivity index (χ0) is 22.5. The van der Waals surface area contributed by atoms with Crippen molar-refractivity contribution in [2.24, 2.45) is 0 Å². The smallest absolute Gasteiger partial charge is 0.331 e. The predicted molar refractivity (Wildman–Crippen MR) is 124 cm³/mol. The SMILES string of the molecule is COc1cccc(C(C)CCO[Si](C)(C)C(C)(C)C)c1/C=C/C(=O)OC(C)(C)C. The summed E-state index contributed by atoms with van der Waals surface area (Å²) < 4.78 is 17.3. The van der Waals surface area contributed by atoms with E-state index in [2.05, 4.69) is 46.9 Å². The van der Waals surface area contributed by atoms with Crippen molar-refractivity contribution in [3.05, 3.63) is 35.4 Å². The highest BCUT2D eigenvalue weighted by atomic mass is 28.4. The zero-order valence-electron chi connectivity index (χ0n) is 20.0. The van der Waals surface area contributed by atoms with E-state index in [0.717, 1.165) is 29.9 Å². The molecule has 0 aliphatic rings. The molecule has 0 heterocycles.